The van der Waals surface area contributed by atoms with Crippen molar-refractivity contribution in [3.8, 4) is 0 Å². The normalized spacial score (nSPS) is 22.1. The van der Waals surface area contributed by atoms with E-state index < -0.39 is 0 Å². The number of hydrogen-bond acceptors (Lipinski definition) is 5. The fraction of sp³-hybridized carbons (Fsp3) is 0.462. The third-order valence-corrected chi connectivity index (χ3v) is 10.8. The molecule has 47 heavy (non-hydrogen) atoms. The van der Waals surface area contributed by atoms with Crippen molar-refractivity contribution in [2.24, 2.45) is 22.7 Å². The number of nitrogens with one attached hydrogen (secondary N) is 4. The van der Waals surface area contributed by atoms with Gasteiger partial charge in [-0.2, -0.15) is 0 Å². The van der Waals surface area contributed by atoms with E-state index in [-0.39, 0.29) is 48.5 Å². The van der Waals surface area contributed by atoms with Crippen molar-refractivity contribution < 1.29 is 14.7 Å². The molecular formula is C39H49N5O3. The van der Waals surface area contributed by atoms with Gasteiger partial charge < -0.3 is 25.7 Å². The van der Waals surface area contributed by atoms with E-state index in [1.165, 1.54) is 11.1 Å². The highest BCUT2D eigenvalue weighted by Gasteiger charge is 2.45. The Morgan fingerprint density at radius 2 is 1.87 bits per heavy atom. The fourth-order valence-corrected chi connectivity index (χ4v) is 8.04. The number of ketones is 1. The second kappa shape index (κ2) is 13.1. The third-order valence-electron chi connectivity index (χ3n) is 10.8. The molecule has 8 heteroatoms. The molecule has 3 aliphatic heterocycles. The number of hydrogen-bond donors (Lipinski definition) is 5. The number of Topliss-reactive ketones (excluding diaryl/α,β-unsaturated/α-hetero) is 1. The van der Waals surface area contributed by atoms with E-state index in [4.69, 9.17) is 10.1 Å². The summed E-state index contributed by atoms with van der Waals surface area (Å²) in [4.78, 5) is 39.9. The maximum Gasteiger partial charge on any atom is 0.223 e. The Hall–Kier alpha value is -4.17. The van der Waals surface area contributed by atoms with Crippen LogP contribution in [0.3, 0.4) is 0 Å². The topological polar surface area (TPSA) is 122 Å². The minimum Gasteiger partial charge on any atom is -0.396 e. The molecule has 5 N–H and O–H groups in total. The zero-order valence-electron chi connectivity index (χ0n) is 28.7. The van der Waals surface area contributed by atoms with Crippen LogP contribution in [0.2, 0.25) is 0 Å². The molecule has 0 radical (unpaired) electrons. The molecule has 2 aromatic rings. The fourth-order valence-electron chi connectivity index (χ4n) is 8.04. The molecule has 2 aromatic heterocycles. The summed E-state index contributed by atoms with van der Waals surface area (Å²) < 4.78 is 0. The van der Waals surface area contributed by atoms with Crippen LogP contribution in [0.5, 0.6) is 0 Å². The smallest absolute Gasteiger partial charge is 0.223 e. The lowest BCUT2D eigenvalue weighted by Crippen LogP contribution is -2.36. The standard InChI is InChI=1S/C39H49N5O3/c1-8-25-20(3)28-17-30-22(5)35(24(7)39(47)40-14-12-10-11-13-15-45)37(43-30)27-16-34(46)36-23(6)31(44-38(27)36)19-33-26(9-2)21(4)29(42-33)18-32(25)41-28/h8,17-19,22,24,31,35,41-43,45H,1,9-16H2,2-7H3,(H,40,47). The lowest BCUT2D eigenvalue weighted by molar-refractivity contribution is -0.126. The van der Waals surface area contributed by atoms with E-state index in [2.05, 4.69) is 73.1 Å². The van der Waals surface area contributed by atoms with Crippen molar-refractivity contribution in [1.29, 1.82) is 0 Å². The highest BCUT2D eigenvalue weighted by Crippen LogP contribution is 2.45. The molecule has 4 aliphatic rings. The Labute approximate surface area is 277 Å². The number of aliphatic imine (C=N–C) groups is 1. The molecule has 1 saturated heterocycles. The van der Waals surface area contributed by atoms with E-state index in [0.717, 1.165) is 99.1 Å². The van der Waals surface area contributed by atoms with Crippen LogP contribution in [0.1, 0.15) is 93.4 Å². The van der Waals surface area contributed by atoms with E-state index in [1.54, 1.807) is 0 Å². The summed E-state index contributed by atoms with van der Waals surface area (Å²) in [5.74, 6) is -0.379. The number of aromatic amines is 2. The average Bonchev–Trinajstić information content (AvgIpc) is 3.80. The molecule has 2 fully saturated rings. The van der Waals surface area contributed by atoms with Crippen LogP contribution in [0.25, 0.3) is 24.3 Å². The largest absolute Gasteiger partial charge is 0.396 e. The first kappa shape index (κ1) is 32.8. The number of aromatic nitrogens is 2. The minimum atomic E-state index is -0.330. The first-order valence-corrected chi connectivity index (χ1v) is 17.3. The molecule has 8 bridgehead atoms. The molecule has 4 unspecified atom stereocenters. The molecule has 0 aromatic carbocycles. The number of aliphatic hydroxyl groups excluding tert-OH is 1. The molecule has 4 atom stereocenters. The highest BCUT2D eigenvalue weighted by atomic mass is 16.3. The highest BCUT2D eigenvalue weighted by molar-refractivity contribution is 6.37. The first-order chi connectivity index (χ1) is 22.6. The van der Waals surface area contributed by atoms with Gasteiger partial charge in [0, 0.05) is 87.5 Å². The van der Waals surface area contributed by atoms with Crippen molar-refractivity contribution in [1.82, 2.24) is 20.6 Å². The second-order valence-corrected chi connectivity index (χ2v) is 13.6. The van der Waals surface area contributed by atoms with E-state index >= 15 is 0 Å². The van der Waals surface area contributed by atoms with E-state index in [0.29, 0.717) is 6.54 Å². The predicted octanol–water partition coefficient (Wildman–Crippen LogP) is 4.66. The molecule has 6 rings (SSSR count). The Kier molecular flexibility index (Phi) is 9.16. The second-order valence-electron chi connectivity index (χ2n) is 13.6. The Balaban J connectivity index is 1.51. The summed E-state index contributed by atoms with van der Waals surface area (Å²) in [5, 5.41) is 18.1. The summed E-state index contributed by atoms with van der Waals surface area (Å²) in [7, 11) is 0. The van der Waals surface area contributed by atoms with Gasteiger partial charge in [0.2, 0.25) is 5.91 Å². The summed E-state index contributed by atoms with van der Waals surface area (Å²) >= 11 is 0. The van der Waals surface area contributed by atoms with Gasteiger partial charge in [0.25, 0.3) is 0 Å². The van der Waals surface area contributed by atoms with Crippen molar-refractivity contribution in [2.45, 2.75) is 86.1 Å². The number of rotatable bonds is 10. The number of H-pyrrole nitrogens is 2. The first-order valence-electron chi connectivity index (χ1n) is 17.3. The van der Waals surface area contributed by atoms with Crippen LogP contribution in [-0.4, -0.2) is 51.7 Å². The summed E-state index contributed by atoms with van der Waals surface area (Å²) in [6.07, 6.45) is 13.2. The summed E-state index contributed by atoms with van der Waals surface area (Å²) in [6.45, 7) is 17.6. The number of allylic oxidation sites excluding steroid dienone is 4. The zero-order valence-corrected chi connectivity index (χ0v) is 28.7. The van der Waals surface area contributed by atoms with Crippen molar-refractivity contribution in [3.63, 3.8) is 0 Å². The number of amides is 1. The molecule has 1 saturated carbocycles. The SMILES string of the molecule is C=Cc1c2[nH]c(c1C)C=C1NC(=C3CC(=O)C4=C(C)C(C=c5[nH]c(c(C)c5CC)=C2)N=C34)C(C(C)C(=O)NCCCCCCO)C1C. The van der Waals surface area contributed by atoms with Gasteiger partial charge in [-0.3, -0.25) is 14.6 Å². The van der Waals surface area contributed by atoms with Gasteiger partial charge in [0.15, 0.2) is 5.78 Å². The van der Waals surface area contributed by atoms with Crippen molar-refractivity contribution >= 4 is 41.7 Å². The quantitative estimate of drug-likeness (QED) is 0.244. The molecule has 248 valence electrons. The Bertz CT molecular complexity index is 1900. The predicted molar refractivity (Wildman–Crippen MR) is 190 cm³/mol. The van der Waals surface area contributed by atoms with Crippen molar-refractivity contribution in [3.05, 3.63) is 79.0 Å². The van der Waals surface area contributed by atoms with Crippen molar-refractivity contribution in [2.75, 3.05) is 13.2 Å². The number of unbranched alkanes of at least 4 members (excludes halogenated alkanes) is 3. The summed E-state index contributed by atoms with van der Waals surface area (Å²) in [6, 6.07) is -0.245. The lowest BCUT2D eigenvalue weighted by atomic mass is 9.80. The Morgan fingerprint density at radius 3 is 2.60 bits per heavy atom. The summed E-state index contributed by atoms with van der Waals surface area (Å²) in [5.41, 5.74) is 11.9. The number of aliphatic hydroxyl groups is 1. The van der Waals surface area contributed by atoms with Crippen LogP contribution in [0.4, 0.5) is 0 Å². The monoisotopic (exact) mass is 635 g/mol. The molecule has 1 aliphatic carbocycles. The van der Waals surface area contributed by atoms with Gasteiger partial charge in [-0.25, -0.2) is 0 Å². The van der Waals surface area contributed by atoms with Gasteiger partial charge in [-0.05, 0) is 80.5 Å². The maximum atomic E-state index is 13.7. The van der Waals surface area contributed by atoms with E-state index in [9.17, 15) is 9.59 Å². The lowest BCUT2D eigenvalue weighted by Gasteiger charge is -2.24. The number of fused-ring (bicyclic) bond motifs is 7. The van der Waals surface area contributed by atoms with Gasteiger partial charge in [-0.15, -0.1) is 0 Å². The van der Waals surface area contributed by atoms with E-state index in [1.807, 2.05) is 19.9 Å². The molecule has 5 heterocycles. The van der Waals surface area contributed by atoms with Gasteiger partial charge in [0.05, 0.1) is 11.8 Å². The third kappa shape index (κ3) is 5.71. The van der Waals surface area contributed by atoms with Crippen LogP contribution < -0.4 is 21.3 Å². The number of nitrogens with zero attached hydrogens (tertiary/aromatic N) is 1. The van der Waals surface area contributed by atoms with Crippen LogP contribution in [-0.2, 0) is 16.0 Å². The maximum absolute atomic E-state index is 13.7. The zero-order chi connectivity index (χ0) is 33.6. The van der Waals surface area contributed by atoms with Gasteiger partial charge in [-0.1, -0.05) is 46.3 Å². The molecular weight excluding hydrogens is 586 g/mol. The van der Waals surface area contributed by atoms with Gasteiger partial charge >= 0.3 is 0 Å². The van der Waals surface area contributed by atoms with Crippen LogP contribution in [0.15, 0.2) is 39.7 Å². The average molecular weight is 636 g/mol. The molecule has 8 nitrogen and oxygen atoms in total. The van der Waals surface area contributed by atoms with Gasteiger partial charge in [0.1, 0.15) is 0 Å². The number of carbonyl (C=O) groups excluding carboxylic acids is 2. The number of carbonyl (C=O) groups is 2. The Morgan fingerprint density at radius 1 is 1.11 bits per heavy atom. The van der Waals surface area contributed by atoms with Crippen LogP contribution >= 0.6 is 0 Å². The molecule has 0 spiro atoms. The minimum absolute atomic E-state index is 0.00529. The molecule has 1 amide bonds. The van der Waals surface area contributed by atoms with Crippen LogP contribution in [0, 0.1) is 31.6 Å².